The minimum Gasteiger partial charge on any atom is -0.371 e. The molecule has 1 N–H and O–H groups in total. The minimum absolute atomic E-state index is 0. The lowest BCUT2D eigenvalue weighted by molar-refractivity contribution is 0.235. The molecule has 0 aromatic carbocycles. The molecule has 3 atom stereocenters. The van der Waals surface area contributed by atoms with Crippen molar-refractivity contribution in [1.29, 1.82) is 0 Å². The monoisotopic (exact) mass is 284 g/mol. The summed E-state index contributed by atoms with van der Waals surface area (Å²) in [6, 6.07) is 1.30. The zero-order chi connectivity index (χ0) is 12.4. The van der Waals surface area contributed by atoms with Gasteiger partial charge in [0.15, 0.2) is 0 Å². The van der Waals surface area contributed by atoms with Crippen molar-refractivity contribution in [3.63, 3.8) is 0 Å². The molecule has 2 saturated carbocycles. The summed E-state index contributed by atoms with van der Waals surface area (Å²) >= 11 is 0. The SMILES string of the molecule is CC1CCC(=NC2CCCC2C2CCCCC2)N1.Cl. The van der Waals surface area contributed by atoms with E-state index < -0.39 is 0 Å². The van der Waals surface area contributed by atoms with Gasteiger partial charge < -0.3 is 5.32 Å². The quantitative estimate of drug-likeness (QED) is 0.802. The third-order valence-electron chi connectivity index (χ3n) is 5.34. The van der Waals surface area contributed by atoms with E-state index in [1.54, 1.807) is 0 Å². The molecule has 0 bridgehead atoms. The topological polar surface area (TPSA) is 24.4 Å². The second-order valence-electron chi connectivity index (χ2n) is 6.72. The zero-order valence-corrected chi connectivity index (χ0v) is 13.1. The highest BCUT2D eigenvalue weighted by atomic mass is 35.5. The molecule has 0 amide bonds. The molecule has 3 aliphatic rings. The van der Waals surface area contributed by atoms with E-state index in [4.69, 9.17) is 4.99 Å². The molecule has 3 fully saturated rings. The van der Waals surface area contributed by atoms with Crippen molar-refractivity contribution in [2.75, 3.05) is 0 Å². The van der Waals surface area contributed by atoms with Crippen LogP contribution in [-0.2, 0) is 0 Å². The number of halogens is 1. The summed E-state index contributed by atoms with van der Waals surface area (Å²) in [5, 5.41) is 3.55. The molecule has 110 valence electrons. The number of amidine groups is 1. The fourth-order valence-corrected chi connectivity index (χ4v) is 4.33. The van der Waals surface area contributed by atoms with Gasteiger partial charge in [0, 0.05) is 12.5 Å². The van der Waals surface area contributed by atoms with E-state index >= 15 is 0 Å². The number of nitrogens with zero attached hydrogens (tertiary/aromatic N) is 1. The van der Waals surface area contributed by atoms with E-state index in [-0.39, 0.29) is 12.4 Å². The summed E-state index contributed by atoms with van der Waals surface area (Å²) < 4.78 is 0. The standard InChI is InChI=1S/C16H28N2.ClH/c1-12-10-11-16(17-12)18-15-9-5-8-14(15)13-6-3-2-4-7-13;/h12-15H,2-11H2,1H3,(H,17,18);1H. The second kappa shape index (κ2) is 6.97. The molecule has 0 aromatic heterocycles. The first-order valence-corrected chi connectivity index (χ1v) is 8.16. The summed E-state index contributed by atoms with van der Waals surface area (Å²) in [6.07, 6.45) is 14.1. The van der Waals surface area contributed by atoms with Crippen molar-refractivity contribution in [2.24, 2.45) is 16.8 Å². The molecule has 3 unspecified atom stereocenters. The maximum atomic E-state index is 5.09. The average molecular weight is 285 g/mol. The molecule has 3 rings (SSSR count). The highest BCUT2D eigenvalue weighted by Crippen LogP contribution is 2.41. The molecular formula is C16H29ClN2. The first-order valence-electron chi connectivity index (χ1n) is 8.16. The fourth-order valence-electron chi connectivity index (χ4n) is 4.33. The van der Waals surface area contributed by atoms with Gasteiger partial charge in [0.2, 0.25) is 0 Å². The van der Waals surface area contributed by atoms with Crippen LogP contribution in [0.3, 0.4) is 0 Å². The van der Waals surface area contributed by atoms with Crippen molar-refractivity contribution in [1.82, 2.24) is 5.32 Å². The number of hydrogen-bond donors (Lipinski definition) is 1. The predicted octanol–water partition coefficient (Wildman–Crippen LogP) is 4.33. The largest absolute Gasteiger partial charge is 0.371 e. The molecule has 0 radical (unpaired) electrons. The van der Waals surface area contributed by atoms with Crippen molar-refractivity contribution in [3.8, 4) is 0 Å². The van der Waals surface area contributed by atoms with E-state index in [1.165, 1.54) is 70.0 Å². The Hall–Kier alpha value is -0.240. The number of nitrogens with one attached hydrogen (secondary N) is 1. The summed E-state index contributed by atoms with van der Waals surface area (Å²) in [5.41, 5.74) is 0. The van der Waals surface area contributed by atoms with Crippen molar-refractivity contribution < 1.29 is 0 Å². The number of aliphatic imine (C=N–C) groups is 1. The lowest BCUT2D eigenvalue weighted by Crippen LogP contribution is -2.28. The van der Waals surface area contributed by atoms with Gasteiger partial charge in [0.25, 0.3) is 0 Å². The van der Waals surface area contributed by atoms with E-state index in [0.29, 0.717) is 12.1 Å². The third kappa shape index (κ3) is 3.65. The molecule has 3 heteroatoms. The third-order valence-corrected chi connectivity index (χ3v) is 5.34. The minimum atomic E-state index is 0. The summed E-state index contributed by atoms with van der Waals surface area (Å²) in [4.78, 5) is 5.09. The van der Waals surface area contributed by atoms with E-state index in [2.05, 4.69) is 12.2 Å². The van der Waals surface area contributed by atoms with Gasteiger partial charge in [-0.05, 0) is 38.0 Å². The normalized spacial score (nSPS) is 38.2. The van der Waals surface area contributed by atoms with Gasteiger partial charge >= 0.3 is 0 Å². The summed E-state index contributed by atoms with van der Waals surface area (Å²) in [5.74, 6) is 3.22. The molecule has 1 aliphatic heterocycles. The Kier molecular flexibility index (Phi) is 5.56. The van der Waals surface area contributed by atoms with Gasteiger partial charge in [-0.15, -0.1) is 12.4 Å². The molecule has 0 spiro atoms. The predicted molar refractivity (Wildman–Crippen MR) is 84.2 cm³/mol. The second-order valence-corrected chi connectivity index (χ2v) is 6.72. The molecule has 19 heavy (non-hydrogen) atoms. The van der Waals surface area contributed by atoms with Gasteiger partial charge in [-0.1, -0.05) is 38.5 Å². The van der Waals surface area contributed by atoms with Gasteiger partial charge in [-0.3, -0.25) is 4.99 Å². The summed E-state index contributed by atoms with van der Waals surface area (Å²) in [7, 11) is 0. The van der Waals surface area contributed by atoms with Gasteiger partial charge in [0.1, 0.15) is 0 Å². The van der Waals surface area contributed by atoms with Crippen molar-refractivity contribution >= 4 is 18.2 Å². The van der Waals surface area contributed by atoms with Crippen molar-refractivity contribution in [2.45, 2.75) is 83.2 Å². The maximum Gasteiger partial charge on any atom is 0.0969 e. The lowest BCUT2D eigenvalue weighted by Gasteiger charge is -2.30. The van der Waals surface area contributed by atoms with E-state index in [9.17, 15) is 0 Å². The number of hydrogen-bond acceptors (Lipinski definition) is 1. The van der Waals surface area contributed by atoms with Crippen LogP contribution in [0.5, 0.6) is 0 Å². The summed E-state index contributed by atoms with van der Waals surface area (Å²) in [6.45, 7) is 2.27. The Morgan fingerprint density at radius 3 is 2.42 bits per heavy atom. The Morgan fingerprint density at radius 2 is 1.74 bits per heavy atom. The Balaban J connectivity index is 0.00000133. The fraction of sp³-hybridized carbons (Fsp3) is 0.938. The highest BCUT2D eigenvalue weighted by Gasteiger charge is 2.34. The van der Waals surface area contributed by atoms with Gasteiger partial charge in [-0.25, -0.2) is 0 Å². The Morgan fingerprint density at radius 1 is 0.947 bits per heavy atom. The Bertz CT molecular complexity index is 310. The highest BCUT2D eigenvalue weighted by molar-refractivity contribution is 5.85. The van der Waals surface area contributed by atoms with Gasteiger partial charge in [-0.2, -0.15) is 0 Å². The van der Waals surface area contributed by atoms with E-state index in [0.717, 1.165) is 11.8 Å². The zero-order valence-electron chi connectivity index (χ0n) is 12.2. The van der Waals surface area contributed by atoms with E-state index in [1.807, 2.05) is 0 Å². The van der Waals surface area contributed by atoms with Crippen LogP contribution >= 0.6 is 12.4 Å². The first-order chi connectivity index (χ1) is 8.83. The maximum absolute atomic E-state index is 5.09. The van der Waals surface area contributed by atoms with Crippen molar-refractivity contribution in [3.05, 3.63) is 0 Å². The van der Waals surface area contributed by atoms with Gasteiger partial charge in [0.05, 0.1) is 11.9 Å². The van der Waals surface area contributed by atoms with Crippen LogP contribution in [0, 0.1) is 11.8 Å². The number of rotatable bonds is 2. The molecular weight excluding hydrogens is 256 g/mol. The van der Waals surface area contributed by atoms with Crippen LogP contribution in [-0.4, -0.2) is 17.9 Å². The van der Waals surface area contributed by atoms with Crippen LogP contribution in [0.2, 0.25) is 0 Å². The molecule has 1 saturated heterocycles. The Labute approximate surface area is 124 Å². The molecule has 1 heterocycles. The van der Waals surface area contributed by atoms with Crippen LogP contribution in [0.4, 0.5) is 0 Å². The molecule has 2 aliphatic carbocycles. The molecule has 2 nitrogen and oxygen atoms in total. The average Bonchev–Trinajstić information content (AvgIpc) is 3.00. The van der Waals surface area contributed by atoms with Crippen LogP contribution in [0.1, 0.15) is 71.1 Å². The van der Waals surface area contributed by atoms with Crippen LogP contribution in [0.15, 0.2) is 4.99 Å². The van der Waals surface area contributed by atoms with Crippen LogP contribution < -0.4 is 5.32 Å². The lowest BCUT2D eigenvalue weighted by atomic mass is 9.78. The first kappa shape index (κ1) is 15.2. The smallest absolute Gasteiger partial charge is 0.0969 e. The molecule has 0 aromatic rings. The van der Waals surface area contributed by atoms with Crippen LogP contribution in [0.25, 0.3) is 0 Å².